The Morgan fingerprint density at radius 1 is 0.795 bits per heavy atom. The lowest BCUT2D eigenvalue weighted by Crippen LogP contribution is -2.42. The zero-order valence-electron chi connectivity index (χ0n) is 23.6. The summed E-state index contributed by atoms with van der Waals surface area (Å²) < 4.78 is 5.21. The summed E-state index contributed by atoms with van der Waals surface area (Å²) in [5.41, 5.74) is 33.1. The lowest BCUT2D eigenvalue weighted by molar-refractivity contribution is -0.122. The van der Waals surface area contributed by atoms with E-state index in [-0.39, 0.29) is 23.7 Å². The van der Waals surface area contributed by atoms with Gasteiger partial charge in [0.1, 0.15) is 5.37 Å². The Bertz CT molecular complexity index is 705. The van der Waals surface area contributed by atoms with E-state index in [1.807, 2.05) is 0 Å². The van der Waals surface area contributed by atoms with Crippen molar-refractivity contribution in [3.8, 4) is 0 Å². The number of nitrogens with zero attached hydrogens (tertiary/aromatic N) is 3. The van der Waals surface area contributed by atoms with Gasteiger partial charge in [-0.25, -0.2) is 0 Å². The molecule has 0 aromatic carbocycles. The first-order chi connectivity index (χ1) is 18.7. The molecular formula is C24H53N11O3S. The minimum atomic E-state index is -0.583. The summed E-state index contributed by atoms with van der Waals surface area (Å²) in [4.78, 5) is 34.6. The maximum absolute atomic E-state index is 12.3. The van der Waals surface area contributed by atoms with Crippen LogP contribution in [0.5, 0.6) is 0 Å². The van der Waals surface area contributed by atoms with Gasteiger partial charge in [-0.3, -0.25) is 19.6 Å². The van der Waals surface area contributed by atoms with Crippen LogP contribution in [0.15, 0.2) is 9.98 Å². The third kappa shape index (κ3) is 23.3. The summed E-state index contributed by atoms with van der Waals surface area (Å²) in [7, 11) is 1.67. The summed E-state index contributed by atoms with van der Waals surface area (Å²) >= 11 is 1.45. The quantitative estimate of drug-likeness (QED) is 0.0260. The van der Waals surface area contributed by atoms with Crippen LogP contribution >= 0.6 is 11.8 Å². The van der Waals surface area contributed by atoms with Crippen LogP contribution in [-0.4, -0.2) is 105 Å². The molecular weight excluding hydrogens is 522 g/mol. The molecule has 0 aromatic rings. The zero-order chi connectivity index (χ0) is 29.3. The summed E-state index contributed by atoms with van der Waals surface area (Å²) in [6.45, 7) is 5.21. The maximum atomic E-state index is 12.3. The number of unbranched alkanes of at least 4 members (excludes halogenated alkanes) is 3. The van der Waals surface area contributed by atoms with E-state index in [0.29, 0.717) is 39.2 Å². The topological polar surface area (TPSA) is 252 Å². The molecule has 0 saturated heterocycles. The van der Waals surface area contributed by atoms with E-state index in [0.717, 1.165) is 70.3 Å². The Kier molecular flexibility index (Phi) is 23.2. The van der Waals surface area contributed by atoms with Crippen molar-refractivity contribution in [3.63, 3.8) is 0 Å². The number of nitrogens with two attached hydrogens (primary N) is 6. The number of nitrogens with one attached hydrogen (secondary N) is 2. The number of amides is 2. The Morgan fingerprint density at radius 2 is 1.36 bits per heavy atom. The number of thioether (sulfide) groups is 1. The Labute approximate surface area is 237 Å². The highest BCUT2D eigenvalue weighted by atomic mass is 32.2. The van der Waals surface area contributed by atoms with Crippen LogP contribution in [0.4, 0.5) is 0 Å². The molecule has 0 bridgehead atoms. The highest BCUT2D eigenvalue weighted by Crippen LogP contribution is 2.10. The third-order valence-electron chi connectivity index (χ3n) is 5.72. The van der Waals surface area contributed by atoms with Gasteiger partial charge in [0.05, 0.1) is 12.6 Å². The van der Waals surface area contributed by atoms with Crippen molar-refractivity contribution in [1.29, 1.82) is 0 Å². The van der Waals surface area contributed by atoms with E-state index in [4.69, 9.17) is 39.1 Å². The third-order valence-corrected chi connectivity index (χ3v) is 6.82. The second-order valence-electron chi connectivity index (χ2n) is 9.19. The van der Waals surface area contributed by atoms with Crippen LogP contribution in [0.25, 0.3) is 0 Å². The van der Waals surface area contributed by atoms with E-state index < -0.39 is 11.4 Å². The summed E-state index contributed by atoms with van der Waals surface area (Å²) in [5.74, 6) is 0.684. The molecule has 2 atom stereocenters. The molecule has 0 aliphatic rings. The van der Waals surface area contributed by atoms with Crippen molar-refractivity contribution >= 4 is 35.5 Å². The molecule has 0 saturated carbocycles. The van der Waals surface area contributed by atoms with Crippen molar-refractivity contribution in [1.82, 2.24) is 15.5 Å². The van der Waals surface area contributed by atoms with Crippen LogP contribution in [0.3, 0.4) is 0 Å². The fourth-order valence-electron chi connectivity index (χ4n) is 3.52. The number of ether oxygens (including phenoxy) is 1. The summed E-state index contributed by atoms with van der Waals surface area (Å²) in [6.07, 6.45) is 6.55. The average Bonchev–Trinajstić information content (AvgIpc) is 2.89. The molecule has 39 heavy (non-hydrogen) atoms. The van der Waals surface area contributed by atoms with E-state index in [9.17, 15) is 9.59 Å². The Morgan fingerprint density at radius 3 is 1.92 bits per heavy atom. The molecule has 0 spiro atoms. The van der Waals surface area contributed by atoms with Gasteiger partial charge in [-0.2, -0.15) is 0 Å². The first-order valence-corrected chi connectivity index (χ1v) is 14.7. The van der Waals surface area contributed by atoms with Crippen LogP contribution < -0.4 is 45.0 Å². The van der Waals surface area contributed by atoms with Gasteiger partial charge in [0.15, 0.2) is 11.9 Å². The number of rotatable bonds is 25. The molecule has 15 heteroatoms. The monoisotopic (exact) mass is 575 g/mol. The molecule has 0 aliphatic heterocycles. The largest absolute Gasteiger partial charge is 0.383 e. The van der Waals surface area contributed by atoms with Gasteiger partial charge in [0.2, 0.25) is 11.8 Å². The molecule has 0 heterocycles. The normalized spacial score (nSPS) is 12.5. The fraction of sp³-hybridized carbons (Fsp3) is 0.833. The van der Waals surface area contributed by atoms with E-state index in [1.165, 1.54) is 11.8 Å². The van der Waals surface area contributed by atoms with Crippen molar-refractivity contribution < 1.29 is 14.3 Å². The number of aliphatic imine (C=N–C) groups is 2. The van der Waals surface area contributed by atoms with Gasteiger partial charge < -0.3 is 54.7 Å². The average molecular weight is 576 g/mol. The van der Waals surface area contributed by atoms with Crippen molar-refractivity contribution in [2.24, 2.45) is 44.4 Å². The van der Waals surface area contributed by atoms with E-state index in [1.54, 1.807) is 7.11 Å². The molecule has 0 aliphatic carbocycles. The van der Waals surface area contributed by atoms with Crippen LogP contribution in [-0.2, 0) is 14.3 Å². The summed E-state index contributed by atoms with van der Waals surface area (Å²) in [6, 6.07) is -0.544. The lowest BCUT2D eigenvalue weighted by atomic mass is 10.1. The van der Waals surface area contributed by atoms with Gasteiger partial charge in [0, 0.05) is 39.8 Å². The van der Waals surface area contributed by atoms with Crippen LogP contribution in [0.1, 0.15) is 51.4 Å². The predicted molar refractivity (Wildman–Crippen MR) is 161 cm³/mol. The molecule has 14 N–H and O–H groups in total. The second kappa shape index (κ2) is 24.7. The lowest BCUT2D eigenvalue weighted by Gasteiger charge is -2.22. The van der Waals surface area contributed by atoms with Crippen molar-refractivity contribution in [3.05, 3.63) is 0 Å². The van der Waals surface area contributed by atoms with Gasteiger partial charge in [-0.15, -0.1) is 11.8 Å². The van der Waals surface area contributed by atoms with Gasteiger partial charge in [0.25, 0.3) is 0 Å². The van der Waals surface area contributed by atoms with Crippen molar-refractivity contribution in [2.75, 3.05) is 65.3 Å². The molecule has 0 fully saturated rings. The second-order valence-corrected chi connectivity index (χ2v) is 10.4. The van der Waals surface area contributed by atoms with Crippen LogP contribution in [0, 0.1) is 0 Å². The number of carbonyl (C=O) groups is 2. The highest BCUT2D eigenvalue weighted by Gasteiger charge is 2.14. The standard InChI is InChI=1S/C24H53N11O3S/c1-38-17-16-35(14-7-12-31-21(36)19(25)9-3-5-11-34-24(29)30)15-8-13-32-22(37)20(26)39-18-6-2-4-10-33-23(27)28/h19-20H,2-18,25-26H2,1H3,(H,31,36)(H,32,37)(H4,27,28,33)(H4,29,30,34). The zero-order valence-corrected chi connectivity index (χ0v) is 24.4. The smallest absolute Gasteiger partial charge is 0.247 e. The number of hydrogen-bond donors (Lipinski definition) is 8. The minimum absolute atomic E-state index is 0.0695. The molecule has 2 unspecified atom stereocenters. The number of hydrogen-bond acceptors (Lipinski definition) is 9. The van der Waals surface area contributed by atoms with E-state index >= 15 is 0 Å². The number of carbonyl (C=O) groups excluding carboxylic acids is 2. The first-order valence-electron chi connectivity index (χ1n) is 13.7. The number of guanidine groups is 2. The number of methoxy groups -OCH3 is 1. The maximum Gasteiger partial charge on any atom is 0.247 e. The fourth-order valence-corrected chi connectivity index (χ4v) is 4.38. The van der Waals surface area contributed by atoms with Crippen LogP contribution in [0.2, 0.25) is 0 Å². The SMILES string of the molecule is COCCN(CCCNC(=O)C(N)CCCCN=C(N)N)CCCNC(=O)C(N)SCCCCCN=C(N)N. The molecule has 2 amide bonds. The molecule has 14 nitrogen and oxygen atoms in total. The molecule has 0 aromatic heterocycles. The molecule has 0 rings (SSSR count). The molecule has 228 valence electrons. The highest BCUT2D eigenvalue weighted by molar-refractivity contribution is 8.00. The van der Waals surface area contributed by atoms with Crippen molar-refractivity contribution in [2.45, 2.75) is 62.8 Å². The Balaban J connectivity index is 4.05. The Hall–Kier alpha value is -2.33. The summed E-state index contributed by atoms with van der Waals surface area (Å²) in [5, 5.41) is 5.24. The first kappa shape index (κ1) is 36.7. The minimum Gasteiger partial charge on any atom is -0.383 e. The van der Waals surface area contributed by atoms with E-state index in [2.05, 4.69) is 25.5 Å². The molecule has 0 radical (unpaired) electrons. The van der Waals surface area contributed by atoms with Gasteiger partial charge in [-0.1, -0.05) is 6.42 Å². The predicted octanol–water partition coefficient (Wildman–Crippen LogP) is -1.82. The van der Waals surface area contributed by atoms with Gasteiger partial charge in [-0.05, 0) is 63.8 Å². The van der Waals surface area contributed by atoms with Gasteiger partial charge >= 0.3 is 0 Å².